The highest BCUT2D eigenvalue weighted by Crippen LogP contribution is 2.35. The maximum Gasteiger partial charge on any atom is 0.306 e. The van der Waals surface area contributed by atoms with Gasteiger partial charge in [-0.1, -0.05) is 51.4 Å². The molecule has 2 fully saturated rings. The Morgan fingerprint density at radius 1 is 0.887 bits per heavy atom. The van der Waals surface area contributed by atoms with Crippen molar-refractivity contribution in [1.29, 1.82) is 0 Å². The van der Waals surface area contributed by atoms with Crippen LogP contribution in [0.5, 0.6) is 0 Å². The summed E-state index contributed by atoms with van der Waals surface area (Å²) in [5.41, 5.74) is 1.38. The Morgan fingerprint density at radius 3 is 2.13 bits per heavy atom. The predicted molar refractivity (Wildman–Crippen MR) is 243 cm³/mol. The number of carbonyl (C=O) groups is 1. The first kappa shape index (κ1) is 47.8. The van der Waals surface area contributed by atoms with E-state index in [9.17, 15) is 17.6 Å². The molecule has 0 spiro atoms. The van der Waals surface area contributed by atoms with Crippen molar-refractivity contribution >= 4 is 54.5 Å². The molecule has 0 saturated carbocycles. The number of methoxy groups -OCH3 is 2. The van der Waals surface area contributed by atoms with E-state index in [0.29, 0.717) is 39.5 Å². The summed E-state index contributed by atoms with van der Waals surface area (Å²) in [6.07, 6.45) is 3.38. The van der Waals surface area contributed by atoms with Gasteiger partial charge in [0.25, 0.3) is 0 Å². The number of hydrogen-bond acceptors (Lipinski definition) is 9. The molecule has 6 rings (SSSR count). The minimum Gasteiger partial charge on any atom is -0.372 e. The summed E-state index contributed by atoms with van der Waals surface area (Å²) < 4.78 is 101. The second-order valence-corrected chi connectivity index (χ2v) is 31.8. The smallest absolute Gasteiger partial charge is 0.306 e. The Bertz CT molecular complexity index is 2280. The van der Waals surface area contributed by atoms with Crippen LogP contribution in [0.2, 0.25) is 51.4 Å². The topological polar surface area (TPSA) is 116 Å². The summed E-state index contributed by atoms with van der Waals surface area (Å²) >= 11 is 0. The van der Waals surface area contributed by atoms with Crippen LogP contribution in [0.15, 0.2) is 54.9 Å². The fraction of sp³-hybridized carbons (Fsp3) is 0.545. The van der Waals surface area contributed by atoms with Crippen LogP contribution in [-0.4, -0.2) is 117 Å². The molecule has 2 aliphatic heterocycles. The molecular weight excluding hydrogens is 856 g/mol. The van der Waals surface area contributed by atoms with Crippen LogP contribution in [0.25, 0.3) is 22.2 Å². The van der Waals surface area contributed by atoms with Gasteiger partial charge in [0.2, 0.25) is 5.78 Å². The quantitative estimate of drug-likeness (QED) is 0.0372. The Balaban J connectivity index is 1.35. The van der Waals surface area contributed by atoms with Gasteiger partial charge in [0.15, 0.2) is 12.1 Å². The van der Waals surface area contributed by atoms with Gasteiger partial charge < -0.3 is 28.4 Å². The largest absolute Gasteiger partial charge is 0.372 e. The number of pyridine rings is 1. The highest BCUT2D eigenvalue weighted by molar-refractivity contribution is 7.90. The summed E-state index contributed by atoms with van der Waals surface area (Å²) in [4.78, 5) is 21.7. The molecule has 4 heterocycles. The minimum atomic E-state index is -4.56. The summed E-state index contributed by atoms with van der Waals surface area (Å²) in [5.74, 6) is -3.24. The van der Waals surface area contributed by atoms with E-state index in [2.05, 4.69) is 44.2 Å². The predicted octanol–water partition coefficient (Wildman–Crippen LogP) is 8.77. The van der Waals surface area contributed by atoms with Gasteiger partial charge in [-0.05, 0) is 67.2 Å². The lowest BCUT2D eigenvalue weighted by molar-refractivity contribution is -0.141. The van der Waals surface area contributed by atoms with E-state index in [0.717, 1.165) is 59.7 Å². The molecule has 0 aliphatic carbocycles. The third kappa shape index (κ3) is 11.4. The van der Waals surface area contributed by atoms with Crippen LogP contribution >= 0.6 is 0 Å². The molecule has 18 heteroatoms. The summed E-state index contributed by atoms with van der Waals surface area (Å²) in [5, 5.41) is 0.340. The van der Waals surface area contributed by atoms with Crippen molar-refractivity contribution in [1.82, 2.24) is 13.9 Å². The second-order valence-electron chi connectivity index (χ2n) is 18.7. The lowest BCUT2D eigenvalue weighted by atomic mass is 9.95. The first-order valence-electron chi connectivity index (χ1n) is 21.3. The molecule has 1 atom stereocenters. The van der Waals surface area contributed by atoms with Crippen LogP contribution in [-0.2, 0) is 35.9 Å². The lowest BCUT2D eigenvalue weighted by Gasteiger charge is -2.36. The highest BCUT2D eigenvalue weighted by Gasteiger charge is 2.39. The Morgan fingerprint density at radius 2 is 1.53 bits per heavy atom. The van der Waals surface area contributed by atoms with Gasteiger partial charge in [0, 0.05) is 105 Å². The van der Waals surface area contributed by atoms with Gasteiger partial charge in [-0.3, -0.25) is 4.79 Å². The van der Waals surface area contributed by atoms with Crippen molar-refractivity contribution < 1.29 is 45.3 Å². The van der Waals surface area contributed by atoms with Crippen molar-refractivity contribution in [3.63, 3.8) is 0 Å². The third-order valence-electron chi connectivity index (χ3n) is 11.6. The molecule has 2 saturated heterocycles. The zero-order valence-electron chi connectivity index (χ0n) is 37.3. The molecule has 340 valence electrons. The Labute approximate surface area is 366 Å². The normalized spacial score (nSPS) is 17.2. The highest BCUT2D eigenvalue weighted by atomic mass is 32.2. The van der Waals surface area contributed by atoms with E-state index in [1.807, 2.05) is 24.3 Å². The van der Waals surface area contributed by atoms with Gasteiger partial charge in [-0.25, -0.2) is 22.5 Å². The van der Waals surface area contributed by atoms with Crippen LogP contribution < -0.4 is 9.21 Å². The maximum absolute atomic E-state index is 16.9. The Kier molecular flexibility index (Phi) is 15.5. The summed E-state index contributed by atoms with van der Waals surface area (Å²) in [7, 11) is -4.26. The second kappa shape index (κ2) is 20.0. The van der Waals surface area contributed by atoms with Crippen LogP contribution in [0.4, 0.5) is 24.5 Å². The molecule has 4 aromatic rings. The number of anilines is 2. The van der Waals surface area contributed by atoms with Crippen molar-refractivity contribution in [3.05, 3.63) is 77.6 Å². The minimum absolute atomic E-state index is 0.0188. The summed E-state index contributed by atoms with van der Waals surface area (Å²) in [6, 6.07) is 13.2. The number of ether oxygens (including phenoxy) is 4. The number of alkyl halides is 1. The molecule has 62 heavy (non-hydrogen) atoms. The summed E-state index contributed by atoms with van der Waals surface area (Å²) in [6.45, 7) is 14.4. The number of nitrogens with zero attached hydrogens (tertiary/aromatic N) is 5. The van der Waals surface area contributed by atoms with Crippen LogP contribution in [0.1, 0.15) is 35.2 Å². The van der Waals surface area contributed by atoms with E-state index < -0.39 is 74.5 Å². The molecule has 0 bridgehead atoms. The van der Waals surface area contributed by atoms with Crippen molar-refractivity contribution in [2.45, 2.75) is 89.8 Å². The molecule has 2 aromatic heterocycles. The number of hydrogen-bond donors (Lipinski definition) is 0. The molecule has 12 nitrogen and oxygen atoms in total. The Hall–Kier alpha value is -3.63. The van der Waals surface area contributed by atoms with Gasteiger partial charge in [-0.15, -0.1) is 0 Å². The standard InChI is InChI=1S/C44H62F3N5O7SSi2/c1-56-44(57-2)32-15-18-49(19-16-32)35-11-9-31(10-12-35)33-25-36-37(28-50(43(36)48-26-33)29-58-21-23-61(3,4)5)42(53)40-38(46)13-14-39(41(40)47)52(30-59-22-24-62(6,7)8)60(54,55)51-20-17-34(45)27-51/h9-14,25-26,28,32,34,44H,15-24,27,29-30H2,1-8H3. The number of piperidine rings is 1. The molecule has 1 unspecified atom stereocenters. The average Bonchev–Trinajstić information content (AvgIpc) is 3.83. The molecule has 0 N–H and O–H groups in total. The first-order chi connectivity index (χ1) is 29.3. The van der Waals surface area contributed by atoms with E-state index in [1.54, 1.807) is 31.0 Å². The van der Waals surface area contributed by atoms with Crippen molar-refractivity contribution in [2.24, 2.45) is 5.92 Å². The maximum atomic E-state index is 16.9. The SMILES string of the molecule is COC(OC)C1CCN(c2ccc(-c3cnc4c(c3)c(C(=O)c3c(F)ccc(N(COCC[Si](C)(C)C)S(=O)(=O)N5CCC(F)C5)c3F)cn4COCC[Si](C)(C)C)cc2)CC1. The lowest BCUT2D eigenvalue weighted by Crippen LogP contribution is -2.45. The van der Waals surface area contributed by atoms with Gasteiger partial charge >= 0.3 is 10.2 Å². The van der Waals surface area contributed by atoms with Crippen molar-refractivity contribution in [3.8, 4) is 11.1 Å². The monoisotopic (exact) mass is 917 g/mol. The van der Waals surface area contributed by atoms with E-state index in [4.69, 9.17) is 23.9 Å². The zero-order chi connectivity index (χ0) is 45.0. The number of rotatable bonds is 20. The number of carbonyl (C=O) groups excluding carboxylic acids is 1. The van der Waals surface area contributed by atoms with E-state index in [-0.39, 0.29) is 38.2 Å². The first-order valence-corrected chi connectivity index (χ1v) is 30.1. The van der Waals surface area contributed by atoms with Gasteiger partial charge in [-0.2, -0.15) is 12.7 Å². The van der Waals surface area contributed by atoms with Gasteiger partial charge in [0.05, 0.1) is 16.8 Å². The molecule has 2 aliphatic rings. The van der Waals surface area contributed by atoms with Crippen molar-refractivity contribution in [2.75, 3.05) is 69.5 Å². The molecule has 0 amide bonds. The van der Waals surface area contributed by atoms with E-state index >= 15 is 8.78 Å². The fourth-order valence-corrected chi connectivity index (χ4v) is 10.9. The molecule has 2 aromatic carbocycles. The average molecular weight is 918 g/mol. The van der Waals surface area contributed by atoms with Crippen LogP contribution in [0, 0.1) is 17.6 Å². The number of benzene rings is 2. The fourth-order valence-electron chi connectivity index (χ4n) is 7.82. The third-order valence-corrected chi connectivity index (χ3v) is 16.9. The number of fused-ring (bicyclic) bond motifs is 1. The molecule has 0 radical (unpaired) electrons. The van der Waals surface area contributed by atoms with Crippen LogP contribution in [0.3, 0.4) is 0 Å². The molecular formula is C44H62F3N5O7SSi2. The van der Waals surface area contributed by atoms with Gasteiger partial charge in [0.1, 0.15) is 31.1 Å². The zero-order valence-corrected chi connectivity index (χ0v) is 40.1. The number of aromatic nitrogens is 2. The number of halogens is 3. The van der Waals surface area contributed by atoms with E-state index in [1.165, 1.54) is 6.20 Å². The number of ketones is 1.